The van der Waals surface area contributed by atoms with Crippen LogP contribution in [0.3, 0.4) is 0 Å². The molecule has 0 bridgehead atoms. The number of anilines is 1. The Kier molecular flexibility index (Phi) is 6.83. The van der Waals surface area contributed by atoms with Gasteiger partial charge in [0, 0.05) is 17.4 Å². The molecule has 30 heavy (non-hydrogen) atoms. The van der Waals surface area contributed by atoms with Crippen LogP contribution in [0.25, 0.3) is 11.5 Å². The molecule has 0 radical (unpaired) electrons. The van der Waals surface area contributed by atoms with Crippen molar-refractivity contribution in [3.8, 4) is 17.2 Å². The quantitative estimate of drug-likeness (QED) is 0.512. The molecule has 158 valence electrons. The van der Waals surface area contributed by atoms with Crippen molar-refractivity contribution in [1.82, 2.24) is 10.2 Å². The summed E-state index contributed by atoms with van der Waals surface area (Å²) in [5, 5.41) is 10.3. The average molecular weight is 429 g/mol. The van der Waals surface area contributed by atoms with Gasteiger partial charge in [-0.15, -0.1) is 5.10 Å². The molecule has 1 N–H and O–H groups in total. The molecule has 1 amide bonds. The first-order chi connectivity index (χ1) is 14.4. The SMILES string of the molecule is CCCCCOc1cccc(C(=O)Nc2nnc(-c3ccc(S(C)(=O)=O)cc3)o2)c1. The summed E-state index contributed by atoms with van der Waals surface area (Å²) in [5.74, 6) is 0.380. The van der Waals surface area contributed by atoms with Crippen molar-refractivity contribution < 1.29 is 22.4 Å². The Bertz CT molecular complexity index is 1110. The minimum atomic E-state index is -3.29. The molecule has 8 nitrogen and oxygen atoms in total. The first kappa shape index (κ1) is 21.5. The molecule has 0 spiro atoms. The first-order valence-electron chi connectivity index (χ1n) is 9.55. The lowest BCUT2D eigenvalue weighted by Gasteiger charge is -2.07. The zero-order valence-electron chi connectivity index (χ0n) is 16.8. The largest absolute Gasteiger partial charge is 0.494 e. The molecule has 0 atom stereocenters. The fourth-order valence-corrected chi connectivity index (χ4v) is 3.30. The highest BCUT2D eigenvalue weighted by atomic mass is 32.2. The summed E-state index contributed by atoms with van der Waals surface area (Å²) in [4.78, 5) is 12.7. The zero-order valence-corrected chi connectivity index (χ0v) is 17.6. The van der Waals surface area contributed by atoms with E-state index in [2.05, 4.69) is 22.4 Å². The number of sulfone groups is 1. The summed E-state index contributed by atoms with van der Waals surface area (Å²) in [5.41, 5.74) is 0.943. The monoisotopic (exact) mass is 429 g/mol. The number of nitrogens with one attached hydrogen (secondary N) is 1. The van der Waals surface area contributed by atoms with Crippen molar-refractivity contribution >= 4 is 21.8 Å². The second-order valence-electron chi connectivity index (χ2n) is 6.75. The van der Waals surface area contributed by atoms with E-state index in [-0.39, 0.29) is 16.8 Å². The van der Waals surface area contributed by atoms with Gasteiger partial charge in [0.2, 0.25) is 5.89 Å². The number of unbranched alkanes of at least 4 members (excludes halogenated alkanes) is 2. The third kappa shape index (κ3) is 5.66. The number of carbonyl (C=O) groups is 1. The van der Waals surface area contributed by atoms with Gasteiger partial charge in [0.25, 0.3) is 5.91 Å². The van der Waals surface area contributed by atoms with Gasteiger partial charge in [-0.2, -0.15) is 0 Å². The van der Waals surface area contributed by atoms with E-state index < -0.39 is 15.7 Å². The molecule has 1 heterocycles. The topological polar surface area (TPSA) is 111 Å². The van der Waals surface area contributed by atoms with Gasteiger partial charge >= 0.3 is 6.01 Å². The predicted molar refractivity (Wildman–Crippen MR) is 112 cm³/mol. The van der Waals surface area contributed by atoms with E-state index in [1.165, 1.54) is 12.1 Å². The van der Waals surface area contributed by atoms with Crippen molar-refractivity contribution in [3.05, 3.63) is 54.1 Å². The number of hydrogen-bond donors (Lipinski definition) is 1. The van der Waals surface area contributed by atoms with E-state index in [0.717, 1.165) is 25.5 Å². The van der Waals surface area contributed by atoms with Crippen LogP contribution in [0.4, 0.5) is 6.01 Å². The molecule has 3 aromatic rings. The summed E-state index contributed by atoms with van der Waals surface area (Å²) in [6, 6.07) is 12.8. The van der Waals surface area contributed by atoms with Crippen molar-refractivity contribution in [3.63, 3.8) is 0 Å². The van der Waals surface area contributed by atoms with E-state index in [1.807, 2.05) is 0 Å². The first-order valence-corrected chi connectivity index (χ1v) is 11.4. The van der Waals surface area contributed by atoms with Gasteiger partial charge in [-0.1, -0.05) is 30.9 Å². The van der Waals surface area contributed by atoms with Gasteiger partial charge in [-0.3, -0.25) is 10.1 Å². The maximum absolute atomic E-state index is 12.5. The summed E-state index contributed by atoms with van der Waals surface area (Å²) in [6.45, 7) is 2.72. The van der Waals surface area contributed by atoms with Crippen LogP contribution < -0.4 is 10.1 Å². The Hall–Kier alpha value is -3.20. The lowest BCUT2D eigenvalue weighted by atomic mass is 10.2. The van der Waals surface area contributed by atoms with Gasteiger partial charge < -0.3 is 9.15 Å². The molecule has 3 rings (SSSR count). The molecule has 0 saturated heterocycles. The summed E-state index contributed by atoms with van der Waals surface area (Å²) < 4.78 is 34.2. The smallest absolute Gasteiger partial charge is 0.322 e. The third-order valence-electron chi connectivity index (χ3n) is 4.29. The molecule has 0 saturated carbocycles. The van der Waals surface area contributed by atoms with Gasteiger partial charge in [-0.25, -0.2) is 8.42 Å². The van der Waals surface area contributed by atoms with Crippen LogP contribution in [-0.4, -0.2) is 37.4 Å². The van der Waals surface area contributed by atoms with E-state index >= 15 is 0 Å². The molecular formula is C21H23N3O5S. The second kappa shape index (κ2) is 9.53. The highest BCUT2D eigenvalue weighted by molar-refractivity contribution is 7.90. The Balaban J connectivity index is 1.65. The molecular weight excluding hydrogens is 406 g/mol. The van der Waals surface area contributed by atoms with Crippen molar-refractivity contribution in [1.29, 1.82) is 0 Å². The minimum absolute atomic E-state index is 0.0588. The average Bonchev–Trinajstić information content (AvgIpc) is 3.19. The number of aromatic nitrogens is 2. The molecule has 9 heteroatoms. The molecule has 0 fully saturated rings. The summed E-state index contributed by atoms with van der Waals surface area (Å²) >= 11 is 0. The number of benzene rings is 2. The zero-order chi connectivity index (χ0) is 21.6. The van der Waals surface area contributed by atoms with Crippen LogP contribution >= 0.6 is 0 Å². The normalized spacial score (nSPS) is 11.3. The van der Waals surface area contributed by atoms with E-state index in [0.29, 0.717) is 23.5 Å². The lowest BCUT2D eigenvalue weighted by molar-refractivity contribution is 0.102. The third-order valence-corrected chi connectivity index (χ3v) is 5.42. The lowest BCUT2D eigenvalue weighted by Crippen LogP contribution is -2.12. The van der Waals surface area contributed by atoms with Crippen LogP contribution in [0, 0.1) is 0 Å². The van der Waals surface area contributed by atoms with Crippen LogP contribution in [0.1, 0.15) is 36.5 Å². The van der Waals surface area contributed by atoms with Crippen molar-refractivity contribution in [2.24, 2.45) is 0 Å². The number of carbonyl (C=O) groups excluding carboxylic acids is 1. The standard InChI is InChI=1S/C21H23N3O5S/c1-3-4-5-13-28-17-8-6-7-16(14-17)19(25)22-21-24-23-20(29-21)15-9-11-18(12-10-15)30(2,26)27/h6-12,14H,3-5,13H2,1-2H3,(H,22,24,25). The van der Waals surface area contributed by atoms with E-state index in [1.54, 1.807) is 36.4 Å². The van der Waals surface area contributed by atoms with Gasteiger partial charge in [0.15, 0.2) is 9.84 Å². The number of ether oxygens (including phenoxy) is 1. The van der Waals surface area contributed by atoms with Gasteiger partial charge in [0.1, 0.15) is 5.75 Å². The number of amides is 1. The minimum Gasteiger partial charge on any atom is -0.494 e. The molecule has 0 aliphatic heterocycles. The van der Waals surface area contributed by atoms with Crippen LogP contribution in [0.2, 0.25) is 0 Å². The van der Waals surface area contributed by atoms with Crippen molar-refractivity contribution in [2.75, 3.05) is 18.2 Å². The Morgan fingerprint density at radius 3 is 2.57 bits per heavy atom. The van der Waals surface area contributed by atoms with Gasteiger partial charge in [0.05, 0.1) is 11.5 Å². The molecule has 1 aromatic heterocycles. The van der Waals surface area contributed by atoms with E-state index in [4.69, 9.17) is 9.15 Å². The molecule has 0 aliphatic carbocycles. The number of nitrogens with zero attached hydrogens (tertiary/aromatic N) is 2. The number of hydrogen-bond acceptors (Lipinski definition) is 7. The molecule has 0 unspecified atom stereocenters. The Labute approximate surface area is 175 Å². The number of rotatable bonds is 9. The highest BCUT2D eigenvalue weighted by Gasteiger charge is 2.14. The fraction of sp³-hybridized carbons (Fsp3) is 0.286. The highest BCUT2D eigenvalue weighted by Crippen LogP contribution is 2.22. The van der Waals surface area contributed by atoms with Crippen molar-refractivity contribution in [2.45, 2.75) is 31.1 Å². The fourth-order valence-electron chi connectivity index (χ4n) is 2.67. The van der Waals surface area contributed by atoms with Crippen LogP contribution in [0.15, 0.2) is 57.8 Å². The summed E-state index contributed by atoms with van der Waals surface area (Å²) in [6.07, 6.45) is 4.30. The Morgan fingerprint density at radius 1 is 1.10 bits per heavy atom. The maximum Gasteiger partial charge on any atom is 0.322 e. The maximum atomic E-state index is 12.5. The molecule has 2 aromatic carbocycles. The second-order valence-corrected chi connectivity index (χ2v) is 8.76. The Morgan fingerprint density at radius 2 is 1.87 bits per heavy atom. The van der Waals surface area contributed by atoms with Crippen LogP contribution in [-0.2, 0) is 9.84 Å². The summed E-state index contributed by atoms with van der Waals surface area (Å²) in [7, 11) is -3.29. The van der Waals surface area contributed by atoms with E-state index in [9.17, 15) is 13.2 Å². The van der Waals surface area contributed by atoms with Crippen LogP contribution in [0.5, 0.6) is 5.75 Å². The predicted octanol–water partition coefficient (Wildman–Crippen LogP) is 3.96. The molecule has 0 aliphatic rings. The van der Waals surface area contributed by atoms with Gasteiger partial charge in [-0.05, 0) is 48.9 Å².